The zero-order chi connectivity index (χ0) is 6.85. The van der Waals surface area contributed by atoms with Gasteiger partial charge in [-0.05, 0) is 15.9 Å². The Morgan fingerprint density at radius 1 is 1.89 bits per heavy atom. The van der Waals surface area contributed by atoms with Crippen molar-refractivity contribution in [3.8, 4) is 0 Å². The van der Waals surface area contributed by atoms with Crippen molar-refractivity contribution in [1.82, 2.24) is 4.98 Å². The Bertz CT molecular complexity index is 233. The lowest BCUT2D eigenvalue weighted by molar-refractivity contribution is 0.102. The number of halogens is 1. The van der Waals surface area contributed by atoms with Gasteiger partial charge >= 0.3 is 0 Å². The molecule has 0 N–H and O–H groups in total. The number of hydrogen-bond donors (Lipinski definition) is 0. The molecule has 0 aliphatic carbocycles. The minimum Gasteiger partial charge on any atom is -0.294 e. The van der Waals surface area contributed by atoms with Crippen LogP contribution in [0.2, 0.25) is 0 Å². The number of hydrogen-bond acceptors (Lipinski definition) is 3. The highest BCUT2D eigenvalue weighted by atomic mass is 79.9. The standard InChI is InChI=1S/C5H4BrNOS/c1-3(8)4-2-7-5(6)9-4/h2H,1H3. The van der Waals surface area contributed by atoms with Crippen LogP contribution in [0.1, 0.15) is 16.6 Å². The van der Waals surface area contributed by atoms with Gasteiger partial charge in [0.25, 0.3) is 0 Å². The van der Waals surface area contributed by atoms with Gasteiger partial charge < -0.3 is 0 Å². The lowest BCUT2D eigenvalue weighted by atomic mass is 10.4. The summed E-state index contributed by atoms with van der Waals surface area (Å²) in [6.45, 7) is 1.53. The smallest absolute Gasteiger partial charge is 0.171 e. The van der Waals surface area contributed by atoms with Crippen molar-refractivity contribution in [2.24, 2.45) is 0 Å². The van der Waals surface area contributed by atoms with Crippen molar-refractivity contribution in [3.05, 3.63) is 15.0 Å². The molecule has 0 saturated heterocycles. The summed E-state index contributed by atoms with van der Waals surface area (Å²) in [5.74, 6) is 0.0678. The fourth-order valence-electron chi connectivity index (χ4n) is 0.416. The van der Waals surface area contributed by atoms with E-state index in [2.05, 4.69) is 20.9 Å². The minimum atomic E-state index is 0.0678. The molecule has 1 rings (SSSR count). The number of carbonyl (C=O) groups is 1. The molecule has 9 heavy (non-hydrogen) atoms. The lowest BCUT2D eigenvalue weighted by Gasteiger charge is -1.78. The second kappa shape index (κ2) is 2.58. The molecule has 0 bridgehead atoms. The number of thiazole rings is 1. The average molecular weight is 206 g/mol. The number of Topliss-reactive ketones (excluding diaryl/α,β-unsaturated/α-hetero) is 1. The van der Waals surface area contributed by atoms with Crippen LogP contribution >= 0.6 is 27.3 Å². The molecular weight excluding hydrogens is 202 g/mol. The summed E-state index contributed by atoms with van der Waals surface area (Å²) >= 11 is 4.51. The summed E-state index contributed by atoms with van der Waals surface area (Å²) in [4.78, 5) is 15.2. The van der Waals surface area contributed by atoms with Gasteiger partial charge in [-0.2, -0.15) is 0 Å². The van der Waals surface area contributed by atoms with E-state index in [9.17, 15) is 4.79 Å². The molecule has 48 valence electrons. The van der Waals surface area contributed by atoms with Crippen LogP contribution in [0.4, 0.5) is 0 Å². The molecule has 0 radical (unpaired) electrons. The van der Waals surface area contributed by atoms with Gasteiger partial charge in [0.15, 0.2) is 9.70 Å². The van der Waals surface area contributed by atoms with Crippen LogP contribution < -0.4 is 0 Å². The molecule has 0 saturated carbocycles. The fraction of sp³-hybridized carbons (Fsp3) is 0.200. The SMILES string of the molecule is CC(=O)c1cnc(Br)s1. The predicted octanol–water partition coefficient (Wildman–Crippen LogP) is 2.11. The molecule has 0 aliphatic heterocycles. The molecule has 1 aromatic rings. The van der Waals surface area contributed by atoms with Crippen LogP contribution in [0.3, 0.4) is 0 Å². The Kier molecular flexibility index (Phi) is 1.97. The van der Waals surface area contributed by atoms with E-state index in [0.717, 1.165) is 3.92 Å². The highest BCUT2D eigenvalue weighted by Crippen LogP contribution is 2.18. The van der Waals surface area contributed by atoms with E-state index < -0.39 is 0 Å². The molecule has 0 aromatic carbocycles. The van der Waals surface area contributed by atoms with Gasteiger partial charge in [0.1, 0.15) is 0 Å². The van der Waals surface area contributed by atoms with Crippen LogP contribution in [0.25, 0.3) is 0 Å². The van der Waals surface area contributed by atoms with E-state index in [1.54, 1.807) is 6.20 Å². The molecule has 0 fully saturated rings. The number of nitrogens with zero attached hydrogens (tertiary/aromatic N) is 1. The van der Waals surface area contributed by atoms with Crippen molar-refractivity contribution in [3.63, 3.8) is 0 Å². The predicted molar refractivity (Wildman–Crippen MR) is 39.8 cm³/mol. The van der Waals surface area contributed by atoms with E-state index in [4.69, 9.17) is 0 Å². The Morgan fingerprint density at radius 3 is 2.78 bits per heavy atom. The van der Waals surface area contributed by atoms with Crippen molar-refractivity contribution in [1.29, 1.82) is 0 Å². The molecule has 1 heterocycles. The van der Waals surface area contributed by atoms with E-state index >= 15 is 0 Å². The van der Waals surface area contributed by atoms with Gasteiger partial charge in [0.2, 0.25) is 0 Å². The third-order valence-electron chi connectivity index (χ3n) is 0.824. The Labute approximate surface area is 65.1 Å². The third kappa shape index (κ3) is 1.59. The van der Waals surface area contributed by atoms with E-state index in [-0.39, 0.29) is 5.78 Å². The number of rotatable bonds is 1. The monoisotopic (exact) mass is 205 g/mol. The molecule has 0 amide bonds. The van der Waals surface area contributed by atoms with Crippen LogP contribution in [0.15, 0.2) is 10.1 Å². The van der Waals surface area contributed by atoms with E-state index in [0.29, 0.717) is 4.88 Å². The largest absolute Gasteiger partial charge is 0.294 e. The van der Waals surface area contributed by atoms with Crippen LogP contribution in [-0.2, 0) is 0 Å². The molecular formula is C5H4BrNOS. The zero-order valence-electron chi connectivity index (χ0n) is 4.72. The summed E-state index contributed by atoms with van der Waals surface area (Å²) in [6, 6.07) is 0. The summed E-state index contributed by atoms with van der Waals surface area (Å²) < 4.78 is 0.757. The lowest BCUT2D eigenvalue weighted by Crippen LogP contribution is -1.83. The first-order valence-corrected chi connectivity index (χ1v) is 3.93. The van der Waals surface area contributed by atoms with E-state index in [1.807, 2.05) is 0 Å². The van der Waals surface area contributed by atoms with E-state index in [1.165, 1.54) is 18.3 Å². The summed E-state index contributed by atoms with van der Waals surface area (Å²) in [7, 11) is 0. The molecule has 0 unspecified atom stereocenters. The van der Waals surface area contributed by atoms with Crippen molar-refractivity contribution in [2.75, 3.05) is 0 Å². The maximum Gasteiger partial charge on any atom is 0.171 e. The Hall–Kier alpha value is -0.220. The van der Waals surface area contributed by atoms with Crippen LogP contribution in [-0.4, -0.2) is 10.8 Å². The topological polar surface area (TPSA) is 30.0 Å². The first-order chi connectivity index (χ1) is 4.20. The van der Waals surface area contributed by atoms with Crippen LogP contribution in [0.5, 0.6) is 0 Å². The molecule has 1 aromatic heterocycles. The first kappa shape index (κ1) is 6.89. The second-order valence-corrected chi connectivity index (χ2v) is 3.84. The highest BCUT2D eigenvalue weighted by molar-refractivity contribution is 9.11. The van der Waals surface area contributed by atoms with Crippen LogP contribution in [0, 0.1) is 0 Å². The maximum absolute atomic E-state index is 10.6. The molecule has 2 nitrogen and oxygen atoms in total. The van der Waals surface area contributed by atoms with Gasteiger partial charge in [-0.1, -0.05) is 0 Å². The number of aromatic nitrogens is 1. The van der Waals surface area contributed by atoms with Crippen molar-refractivity contribution >= 4 is 33.0 Å². The molecule has 0 aliphatic rings. The average Bonchev–Trinajstić information content (AvgIpc) is 2.14. The zero-order valence-corrected chi connectivity index (χ0v) is 7.12. The first-order valence-electron chi connectivity index (χ1n) is 2.32. The maximum atomic E-state index is 10.6. The van der Waals surface area contributed by atoms with Gasteiger partial charge in [0, 0.05) is 6.92 Å². The van der Waals surface area contributed by atoms with Gasteiger partial charge in [0.05, 0.1) is 11.1 Å². The van der Waals surface area contributed by atoms with Crippen molar-refractivity contribution < 1.29 is 4.79 Å². The second-order valence-electron chi connectivity index (χ2n) is 1.53. The molecule has 0 spiro atoms. The minimum absolute atomic E-state index is 0.0678. The third-order valence-corrected chi connectivity index (χ3v) is 2.40. The summed E-state index contributed by atoms with van der Waals surface area (Å²) in [5, 5.41) is 0. The highest BCUT2D eigenvalue weighted by Gasteiger charge is 2.01. The van der Waals surface area contributed by atoms with Gasteiger partial charge in [-0.15, -0.1) is 11.3 Å². The quantitative estimate of drug-likeness (QED) is 0.658. The van der Waals surface area contributed by atoms with Gasteiger partial charge in [-0.25, -0.2) is 4.98 Å². The summed E-state index contributed by atoms with van der Waals surface area (Å²) in [6.07, 6.45) is 1.57. The molecule has 4 heteroatoms. The summed E-state index contributed by atoms with van der Waals surface area (Å²) in [5.41, 5.74) is 0. The van der Waals surface area contributed by atoms with Crippen molar-refractivity contribution in [2.45, 2.75) is 6.92 Å². The molecule has 0 atom stereocenters. The Morgan fingerprint density at radius 2 is 2.56 bits per heavy atom. The van der Waals surface area contributed by atoms with Gasteiger partial charge in [-0.3, -0.25) is 4.79 Å². The normalized spacial score (nSPS) is 9.56. The Balaban J connectivity index is 2.98. The fourth-order valence-corrected chi connectivity index (χ4v) is 1.58. The number of carbonyl (C=O) groups excluding carboxylic acids is 1. The number of ketones is 1.